The van der Waals surface area contributed by atoms with Gasteiger partial charge < -0.3 is 19.9 Å². The van der Waals surface area contributed by atoms with Gasteiger partial charge in [-0.15, -0.1) is 11.3 Å². The molecule has 0 saturated carbocycles. The highest BCUT2D eigenvalue weighted by atomic mass is 35.5. The number of hydrogen-bond donors (Lipinski definition) is 3. The number of halogens is 1. The maximum atomic E-state index is 12.4. The molecule has 3 aromatic heterocycles. The number of aliphatic hydroxyl groups excluding tert-OH is 1. The lowest BCUT2D eigenvalue weighted by Crippen LogP contribution is -2.50. The molecule has 9 nitrogen and oxygen atoms in total. The molecule has 0 spiro atoms. The summed E-state index contributed by atoms with van der Waals surface area (Å²) in [5.74, 6) is -0.204. The number of nitrogens with zero attached hydrogens (tertiary/aromatic N) is 4. The molecule has 3 N–H and O–H groups in total. The maximum absolute atomic E-state index is 12.4. The van der Waals surface area contributed by atoms with Gasteiger partial charge >= 0.3 is 0 Å². The minimum atomic E-state index is -0.654. The lowest BCUT2D eigenvalue weighted by atomic mass is 10.2. The first-order valence-electron chi connectivity index (χ1n) is 11.0. The predicted octanol–water partition coefficient (Wildman–Crippen LogP) is 2.40. The summed E-state index contributed by atoms with van der Waals surface area (Å²) < 4.78 is 4.02. The SMILES string of the molecule is O=C(NCc1cn(-c2ccc(-n3ccccc3=O)cc2N2CCNC(O)C2)cn1)c1ccc(Cl)s1. The number of thiophene rings is 1. The molecule has 0 aliphatic carbocycles. The summed E-state index contributed by atoms with van der Waals surface area (Å²) in [6, 6.07) is 14.2. The lowest BCUT2D eigenvalue weighted by Gasteiger charge is -2.34. The van der Waals surface area contributed by atoms with Gasteiger partial charge in [-0.25, -0.2) is 4.98 Å². The first-order chi connectivity index (χ1) is 17.0. The maximum Gasteiger partial charge on any atom is 0.261 e. The van der Waals surface area contributed by atoms with E-state index < -0.39 is 6.23 Å². The molecule has 4 aromatic rings. The van der Waals surface area contributed by atoms with Gasteiger partial charge in [0.2, 0.25) is 0 Å². The van der Waals surface area contributed by atoms with E-state index >= 15 is 0 Å². The van der Waals surface area contributed by atoms with Crippen LogP contribution in [0.1, 0.15) is 15.4 Å². The minimum absolute atomic E-state index is 0.126. The van der Waals surface area contributed by atoms with Crippen LogP contribution in [0.5, 0.6) is 0 Å². The smallest absolute Gasteiger partial charge is 0.261 e. The number of amides is 1. The Morgan fingerprint density at radius 1 is 1.23 bits per heavy atom. The number of piperazine rings is 1. The van der Waals surface area contributed by atoms with Gasteiger partial charge in [-0.1, -0.05) is 17.7 Å². The summed E-state index contributed by atoms with van der Waals surface area (Å²) in [4.78, 5) is 31.8. The van der Waals surface area contributed by atoms with Crippen LogP contribution in [0.25, 0.3) is 11.4 Å². The van der Waals surface area contributed by atoms with Crippen molar-refractivity contribution < 1.29 is 9.90 Å². The van der Waals surface area contributed by atoms with Crippen molar-refractivity contribution in [3.8, 4) is 11.4 Å². The molecule has 4 heterocycles. The second-order valence-corrected chi connectivity index (χ2v) is 9.77. The Labute approximate surface area is 210 Å². The summed E-state index contributed by atoms with van der Waals surface area (Å²) in [6.07, 6.45) is 4.62. The van der Waals surface area contributed by atoms with Crippen LogP contribution >= 0.6 is 22.9 Å². The van der Waals surface area contributed by atoms with Crippen LogP contribution in [0.2, 0.25) is 4.34 Å². The molecule has 1 unspecified atom stereocenters. The fraction of sp³-hybridized carbons (Fsp3) is 0.208. The molecule has 5 rings (SSSR count). The van der Waals surface area contributed by atoms with Crippen LogP contribution in [-0.4, -0.2) is 51.0 Å². The zero-order chi connectivity index (χ0) is 24.4. The van der Waals surface area contributed by atoms with Gasteiger partial charge in [-0.2, -0.15) is 0 Å². The highest BCUT2D eigenvalue weighted by Gasteiger charge is 2.21. The van der Waals surface area contributed by atoms with E-state index in [0.29, 0.717) is 34.5 Å². The summed E-state index contributed by atoms with van der Waals surface area (Å²) >= 11 is 7.14. The van der Waals surface area contributed by atoms with Gasteiger partial charge in [0.1, 0.15) is 6.23 Å². The predicted molar refractivity (Wildman–Crippen MR) is 136 cm³/mol. The monoisotopic (exact) mass is 510 g/mol. The highest BCUT2D eigenvalue weighted by Crippen LogP contribution is 2.28. The van der Waals surface area contributed by atoms with E-state index in [1.807, 2.05) is 35.0 Å². The number of β-amino-alcohol motifs (C(OH)–C–C–N with tert-alkyl or cyclic N) is 1. The van der Waals surface area contributed by atoms with Crippen molar-refractivity contribution in [1.82, 2.24) is 24.8 Å². The van der Waals surface area contributed by atoms with E-state index in [9.17, 15) is 14.7 Å². The van der Waals surface area contributed by atoms with Crippen LogP contribution in [0.3, 0.4) is 0 Å². The van der Waals surface area contributed by atoms with E-state index in [1.54, 1.807) is 35.3 Å². The van der Waals surface area contributed by atoms with Gasteiger partial charge in [0.05, 0.1) is 51.4 Å². The van der Waals surface area contributed by atoms with Crippen molar-refractivity contribution in [2.75, 3.05) is 24.5 Å². The quantitative estimate of drug-likeness (QED) is 0.368. The first kappa shape index (κ1) is 23.3. The number of imidazole rings is 1. The Bertz CT molecular complexity index is 1410. The largest absolute Gasteiger partial charge is 0.377 e. The van der Waals surface area contributed by atoms with Crippen molar-refractivity contribution in [3.05, 3.63) is 92.5 Å². The van der Waals surface area contributed by atoms with E-state index in [4.69, 9.17) is 11.6 Å². The van der Waals surface area contributed by atoms with Crippen LogP contribution in [-0.2, 0) is 6.54 Å². The van der Waals surface area contributed by atoms with E-state index in [2.05, 4.69) is 20.5 Å². The number of hydrogen-bond acceptors (Lipinski definition) is 7. The number of aliphatic hydroxyl groups is 1. The molecule has 0 bridgehead atoms. The average Bonchev–Trinajstić information content (AvgIpc) is 3.52. The number of nitrogens with one attached hydrogen (secondary N) is 2. The highest BCUT2D eigenvalue weighted by molar-refractivity contribution is 7.17. The van der Waals surface area contributed by atoms with E-state index in [1.165, 1.54) is 17.4 Å². The third kappa shape index (κ3) is 5.15. The van der Waals surface area contributed by atoms with Crippen LogP contribution < -0.4 is 21.1 Å². The molecule has 1 fully saturated rings. The van der Waals surface area contributed by atoms with Crippen LogP contribution in [0.4, 0.5) is 5.69 Å². The van der Waals surface area contributed by atoms with Gasteiger partial charge in [0.25, 0.3) is 11.5 Å². The fourth-order valence-electron chi connectivity index (χ4n) is 4.00. The summed E-state index contributed by atoms with van der Waals surface area (Å²) in [5.41, 5.74) is 3.00. The molecule has 35 heavy (non-hydrogen) atoms. The fourth-order valence-corrected chi connectivity index (χ4v) is 4.96. The molecule has 1 amide bonds. The Kier molecular flexibility index (Phi) is 6.69. The third-order valence-electron chi connectivity index (χ3n) is 5.70. The molecule has 180 valence electrons. The van der Waals surface area contributed by atoms with Crippen molar-refractivity contribution in [1.29, 1.82) is 0 Å². The Morgan fingerprint density at radius 2 is 2.11 bits per heavy atom. The van der Waals surface area contributed by atoms with Gasteiger partial charge in [-0.05, 0) is 36.4 Å². The van der Waals surface area contributed by atoms with E-state index in [0.717, 1.165) is 17.1 Å². The Hall–Kier alpha value is -3.44. The van der Waals surface area contributed by atoms with E-state index in [-0.39, 0.29) is 18.0 Å². The summed E-state index contributed by atoms with van der Waals surface area (Å²) in [7, 11) is 0. The van der Waals surface area contributed by atoms with Gasteiger partial charge in [0.15, 0.2) is 0 Å². The molecule has 11 heteroatoms. The zero-order valence-corrected chi connectivity index (χ0v) is 20.2. The van der Waals surface area contributed by atoms with Crippen molar-refractivity contribution in [3.63, 3.8) is 0 Å². The number of aromatic nitrogens is 3. The van der Waals surface area contributed by atoms with Crippen molar-refractivity contribution in [2.24, 2.45) is 0 Å². The molecule has 1 aliphatic rings. The standard InChI is InChI=1S/C24H23ClN6O3S/c25-21-7-6-20(35-21)24(34)27-12-16-13-30(15-28-16)18-5-4-17(31-9-2-1-3-23(31)33)11-19(18)29-10-8-26-22(32)14-29/h1-7,9,11,13,15,22,26,32H,8,10,12,14H2,(H,27,34). The number of benzene rings is 1. The molecular formula is C24H23ClN6O3S. The normalized spacial score (nSPS) is 15.8. The molecule has 1 aromatic carbocycles. The second kappa shape index (κ2) is 10.0. The number of anilines is 1. The molecule has 1 aliphatic heterocycles. The topological polar surface area (TPSA) is 104 Å². The Morgan fingerprint density at radius 3 is 2.89 bits per heavy atom. The first-order valence-corrected chi connectivity index (χ1v) is 12.2. The number of pyridine rings is 1. The minimum Gasteiger partial charge on any atom is -0.377 e. The lowest BCUT2D eigenvalue weighted by molar-refractivity contribution is 0.0954. The second-order valence-electron chi connectivity index (χ2n) is 8.06. The Balaban J connectivity index is 1.43. The summed E-state index contributed by atoms with van der Waals surface area (Å²) in [5, 5.41) is 16.1. The number of carbonyl (C=O) groups excluding carboxylic acids is 1. The van der Waals surface area contributed by atoms with Gasteiger partial charge in [-0.3, -0.25) is 19.5 Å². The van der Waals surface area contributed by atoms with Crippen molar-refractivity contribution >= 4 is 34.5 Å². The van der Waals surface area contributed by atoms with Crippen molar-refractivity contribution in [2.45, 2.75) is 12.8 Å². The molecule has 1 saturated heterocycles. The third-order valence-corrected chi connectivity index (χ3v) is 6.93. The molecule has 1 atom stereocenters. The molecular weight excluding hydrogens is 488 g/mol. The van der Waals surface area contributed by atoms with Crippen LogP contribution in [0, 0.1) is 0 Å². The number of rotatable bonds is 6. The van der Waals surface area contributed by atoms with Gasteiger partial charge in [0, 0.05) is 31.5 Å². The zero-order valence-electron chi connectivity index (χ0n) is 18.6. The molecule has 0 radical (unpaired) electrons. The van der Waals surface area contributed by atoms with Crippen LogP contribution in [0.15, 0.2) is 72.0 Å². The number of carbonyl (C=O) groups is 1. The average molecular weight is 511 g/mol. The summed E-state index contributed by atoms with van der Waals surface area (Å²) in [6.45, 7) is 1.99.